The molecule has 1 fully saturated rings. The predicted molar refractivity (Wildman–Crippen MR) is 126 cm³/mol. The number of halogens is 3. The van der Waals surface area contributed by atoms with Gasteiger partial charge >= 0.3 is 6.36 Å². The Hall–Kier alpha value is -4.61. The lowest BCUT2D eigenvalue weighted by Gasteiger charge is -2.34. The summed E-state index contributed by atoms with van der Waals surface area (Å²) in [6, 6.07) is 11.9. The predicted octanol–water partition coefficient (Wildman–Crippen LogP) is 4.46. The molecule has 12 heteroatoms. The van der Waals surface area contributed by atoms with Gasteiger partial charge in [-0.15, -0.1) is 13.2 Å². The third kappa shape index (κ3) is 5.47. The van der Waals surface area contributed by atoms with Crippen molar-refractivity contribution in [3.05, 3.63) is 78.5 Å². The van der Waals surface area contributed by atoms with Crippen LogP contribution in [0.5, 0.6) is 5.75 Å². The third-order valence-electron chi connectivity index (χ3n) is 5.86. The minimum Gasteiger partial charge on any atom is -0.472 e. The number of carbonyl (C=O) groups excluding carboxylic acids is 2. The third-order valence-corrected chi connectivity index (χ3v) is 5.86. The molecule has 1 aliphatic heterocycles. The van der Waals surface area contributed by atoms with Crippen LogP contribution in [0.4, 0.5) is 24.7 Å². The smallest absolute Gasteiger partial charge is 0.472 e. The Morgan fingerprint density at radius 2 is 1.57 bits per heavy atom. The molecule has 0 atom stereocenters. The molecule has 2 aromatic heterocycles. The highest BCUT2D eigenvalue weighted by molar-refractivity contribution is 6.00. The molecule has 4 aromatic rings. The molecule has 190 valence electrons. The van der Waals surface area contributed by atoms with Crippen molar-refractivity contribution in [3.63, 3.8) is 0 Å². The first kappa shape index (κ1) is 24.1. The Morgan fingerprint density at radius 1 is 0.892 bits per heavy atom. The first-order valence-corrected chi connectivity index (χ1v) is 11.3. The molecule has 1 saturated heterocycles. The van der Waals surface area contributed by atoms with E-state index < -0.39 is 6.36 Å². The van der Waals surface area contributed by atoms with Gasteiger partial charge in [0, 0.05) is 42.8 Å². The van der Waals surface area contributed by atoms with Gasteiger partial charge in [-0.1, -0.05) is 0 Å². The van der Waals surface area contributed by atoms with E-state index in [1.807, 2.05) is 0 Å². The second kappa shape index (κ2) is 9.80. The molecule has 0 aliphatic carbocycles. The Labute approximate surface area is 208 Å². The average Bonchev–Trinajstić information content (AvgIpc) is 3.43. The Kier molecular flexibility index (Phi) is 6.38. The van der Waals surface area contributed by atoms with Crippen molar-refractivity contribution < 1.29 is 31.9 Å². The number of carbonyl (C=O) groups is 2. The molecular weight excluding hydrogens is 491 g/mol. The van der Waals surface area contributed by atoms with E-state index in [1.54, 1.807) is 34.1 Å². The number of nitrogens with zero attached hydrogens (tertiary/aromatic N) is 4. The van der Waals surface area contributed by atoms with Gasteiger partial charge in [-0.05, 0) is 48.5 Å². The van der Waals surface area contributed by atoms with Gasteiger partial charge in [0.05, 0.1) is 17.3 Å². The summed E-state index contributed by atoms with van der Waals surface area (Å²) in [7, 11) is 0. The minimum absolute atomic E-state index is 0.134. The van der Waals surface area contributed by atoms with Gasteiger partial charge < -0.3 is 24.3 Å². The Morgan fingerprint density at radius 3 is 2.19 bits per heavy atom. The van der Waals surface area contributed by atoms with Crippen molar-refractivity contribution >= 4 is 34.2 Å². The first-order chi connectivity index (χ1) is 17.8. The molecule has 1 aliphatic rings. The van der Waals surface area contributed by atoms with Crippen molar-refractivity contribution in [2.75, 3.05) is 31.5 Å². The molecule has 2 aromatic carbocycles. The number of nitrogens with one attached hydrogen (secondary N) is 1. The number of amides is 2. The fraction of sp³-hybridized carbons (Fsp3) is 0.200. The average molecular weight is 511 g/mol. The number of benzene rings is 2. The lowest BCUT2D eigenvalue weighted by atomic mass is 10.1. The highest BCUT2D eigenvalue weighted by atomic mass is 19.4. The van der Waals surface area contributed by atoms with Crippen LogP contribution < -0.4 is 10.1 Å². The summed E-state index contributed by atoms with van der Waals surface area (Å²) in [5, 5.41) is 3.68. The summed E-state index contributed by atoms with van der Waals surface area (Å²) < 4.78 is 46.0. The zero-order valence-electron chi connectivity index (χ0n) is 19.2. The van der Waals surface area contributed by atoms with Gasteiger partial charge in [-0.2, -0.15) is 0 Å². The maximum absolute atomic E-state index is 13.1. The van der Waals surface area contributed by atoms with E-state index in [-0.39, 0.29) is 17.6 Å². The van der Waals surface area contributed by atoms with Gasteiger partial charge in [0.2, 0.25) is 0 Å². The number of rotatable bonds is 5. The first-order valence-electron chi connectivity index (χ1n) is 11.3. The molecular formula is C25H20F3N5O4. The molecule has 0 unspecified atom stereocenters. The van der Waals surface area contributed by atoms with Gasteiger partial charge in [0.15, 0.2) is 0 Å². The van der Waals surface area contributed by atoms with Crippen molar-refractivity contribution in [2.24, 2.45) is 0 Å². The summed E-state index contributed by atoms with van der Waals surface area (Å²) in [6.45, 7) is 1.61. The summed E-state index contributed by atoms with van der Waals surface area (Å²) >= 11 is 0. The monoisotopic (exact) mass is 511 g/mol. The quantitative estimate of drug-likeness (QED) is 0.422. The largest absolute Gasteiger partial charge is 0.573 e. The number of furan rings is 1. The number of anilines is 2. The van der Waals surface area contributed by atoms with E-state index in [4.69, 9.17) is 4.42 Å². The van der Waals surface area contributed by atoms with Crippen LogP contribution >= 0.6 is 0 Å². The van der Waals surface area contributed by atoms with Crippen molar-refractivity contribution in [1.29, 1.82) is 0 Å². The Bertz CT molecular complexity index is 1420. The zero-order valence-corrected chi connectivity index (χ0v) is 19.2. The Balaban J connectivity index is 1.26. The van der Waals surface area contributed by atoms with Crippen LogP contribution in [0.1, 0.15) is 20.7 Å². The van der Waals surface area contributed by atoms with E-state index in [0.29, 0.717) is 59.7 Å². The summed E-state index contributed by atoms with van der Waals surface area (Å²) in [4.78, 5) is 37.4. The lowest BCUT2D eigenvalue weighted by molar-refractivity contribution is -0.274. The summed E-state index contributed by atoms with van der Waals surface area (Å²) in [5.41, 5.74) is 1.94. The second-order valence-corrected chi connectivity index (χ2v) is 8.25. The van der Waals surface area contributed by atoms with Gasteiger partial charge in [-0.25, -0.2) is 9.97 Å². The molecule has 37 heavy (non-hydrogen) atoms. The maximum atomic E-state index is 13.1. The van der Waals surface area contributed by atoms with Crippen molar-refractivity contribution in [2.45, 2.75) is 6.36 Å². The maximum Gasteiger partial charge on any atom is 0.573 e. The topological polar surface area (TPSA) is 101 Å². The van der Waals surface area contributed by atoms with Crippen LogP contribution in [0.2, 0.25) is 0 Å². The molecule has 0 radical (unpaired) electrons. The minimum atomic E-state index is -4.77. The number of hydrogen-bond donors (Lipinski definition) is 1. The van der Waals surface area contributed by atoms with Gasteiger partial charge in [0.25, 0.3) is 11.8 Å². The fourth-order valence-electron chi connectivity index (χ4n) is 4.03. The molecule has 5 rings (SSSR count). The van der Waals surface area contributed by atoms with E-state index >= 15 is 0 Å². The van der Waals surface area contributed by atoms with E-state index in [1.165, 1.54) is 43.1 Å². The summed E-state index contributed by atoms with van der Waals surface area (Å²) in [5.74, 6) is -0.211. The highest BCUT2D eigenvalue weighted by Crippen LogP contribution is 2.27. The number of piperazine rings is 1. The second-order valence-electron chi connectivity index (χ2n) is 8.25. The van der Waals surface area contributed by atoms with E-state index in [9.17, 15) is 22.8 Å². The number of hydrogen-bond acceptors (Lipinski definition) is 7. The number of alkyl halides is 3. The molecule has 0 bridgehead atoms. The van der Waals surface area contributed by atoms with Crippen LogP contribution in [0.15, 0.2) is 71.8 Å². The fourth-order valence-corrected chi connectivity index (χ4v) is 4.03. The van der Waals surface area contributed by atoms with E-state index in [2.05, 4.69) is 20.0 Å². The lowest BCUT2D eigenvalue weighted by Crippen LogP contribution is -2.50. The van der Waals surface area contributed by atoms with Gasteiger partial charge in [0.1, 0.15) is 24.2 Å². The molecule has 1 N–H and O–H groups in total. The normalized spacial score (nSPS) is 14.0. The van der Waals surface area contributed by atoms with Crippen LogP contribution in [-0.2, 0) is 0 Å². The number of aromatic nitrogens is 2. The van der Waals surface area contributed by atoms with E-state index in [0.717, 1.165) is 0 Å². The SMILES string of the molecule is O=C(c1ccoc1)N1CCN(C(=O)c2ccc3c(Nc4ccc(OC(F)(F)F)cc4)ncnc3c2)CC1. The highest BCUT2D eigenvalue weighted by Gasteiger charge is 2.31. The van der Waals surface area contributed by atoms with Crippen LogP contribution in [0.3, 0.4) is 0 Å². The zero-order chi connectivity index (χ0) is 26.0. The van der Waals surface area contributed by atoms with Crippen LogP contribution in [-0.4, -0.2) is 64.1 Å². The molecule has 0 spiro atoms. The van der Waals surface area contributed by atoms with Crippen LogP contribution in [0, 0.1) is 0 Å². The molecule has 9 nitrogen and oxygen atoms in total. The van der Waals surface area contributed by atoms with Gasteiger partial charge in [-0.3, -0.25) is 9.59 Å². The molecule has 0 saturated carbocycles. The molecule has 2 amide bonds. The standard InChI is InChI=1S/C25H20F3N5O4/c26-25(27,28)37-19-4-2-18(3-5-19)31-22-20-6-1-16(13-21(20)29-15-30-22)23(34)32-8-10-33(11-9-32)24(35)17-7-12-36-14-17/h1-7,12-15H,8-11H2,(H,29,30,31). The number of fused-ring (bicyclic) bond motifs is 1. The van der Waals surface area contributed by atoms with Crippen molar-refractivity contribution in [1.82, 2.24) is 19.8 Å². The summed E-state index contributed by atoms with van der Waals surface area (Å²) in [6.07, 6.45) is -0.587. The molecule has 3 heterocycles. The number of ether oxygens (including phenoxy) is 1. The van der Waals surface area contributed by atoms with Crippen molar-refractivity contribution in [3.8, 4) is 5.75 Å². The van der Waals surface area contributed by atoms with Crippen LogP contribution in [0.25, 0.3) is 10.9 Å².